The normalized spacial score (nSPS) is 22.1. The number of hydrogen-bond donors (Lipinski definition) is 1. The monoisotopic (exact) mass is 292 g/mol. The van der Waals surface area contributed by atoms with Crippen LogP contribution in [0.25, 0.3) is 0 Å². The molecule has 0 spiro atoms. The zero-order valence-electron chi connectivity index (χ0n) is 12.7. The van der Waals surface area contributed by atoms with Crippen molar-refractivity contribution in [1.29, 1.82) is 0 Å². The average Bonchev–Trinajstić information content (AvgIpc) is 2.49. The molecular weight excluding hydrogens is 268 g/mol. The molecule has 5 nitrogen and oxygen atoms in total. The Bertz CT molecular complexity index is 461. The summed E-state index contributed by atoms with van der Waals surface area (Å²) in [5.74, 6) is 1.36. The van der Waals surface area contributed by atoms with Gasteiger partial charge in [0.15, 0.2) is 0 Å². The summed E-state index contributed by atoms with van der Waals surface area (Å²) in [6.07, 6.45) is 1.51. The lowest BCUT2D eigenvalue weighted by atomic mass is 9.95. The Morgan fingerprint density at radius 1 is 1.38 bits per heavy atom. The lowest BCUT2D eigenvalue weighted by Crippen LogP contribution is -2.46. The van der Waals surface area contributed by atoms with Crippen LogP contribution in [0, 0.1) is 5.92 Å². The first-order valence-electron chi connectivity index (χ1n) is 7.39. The minimum atomic E-state index is 0.124. The second-order valence-electron chi connectivity index (χ2n) is 5.55. The highest BCUT2D eigenvalue weighted by molar-refractivity contribution is 5.76. The summed E-state index contributed by atoms with van der Waals surface area (Å²) < 4.78 is 11.0. The number of amides is 1. The van der Waals surface area contributed by atoms with Crippen molar-refractivity contribution in [3.05, 3.63) is 24.3 Å². The number of nitrogen functional groups attached to an aromatic ring is 1. The van der Waals surface area contributed by atoms with Crippen LogP contribution >= 0.6 is 0 Å². The van der Waals surface area contributed by atoms with Crippen LogP contribution in [0.3, 0.4) is 0 Å². The van der Waals surface area contributed by atoms with Gasteiger partial charge in [0.2, 0.25) is 5.91 Å². The summed E-state index contributed by atoms with van der Waals surface area (Å²) in [5, 5.41) is 0. The van der Waals surface area contributed by atoms with Gasteiger partial charge in [-0.2, -0.15) is 0 Å². The van der Waals surface area contributed by atoms with Gasteiger partial charge >= 0.3 is 0 Å². The van der Waals surface area contributed by atoms with E-state index < -0.39 is 0 Å². The molecule has 2 N–H and O–H groups in total. The van der Waals surface area contributed by atoms with Crippen LogP contribution in [0.15, 0.2) is 24.3 Å². The molecule has 1 saturated heterocycles. The van der Waals surface area contributed by atoms with Crippen LogP contribution in [-0.4, -0.2) is 43.7 Å². The fourth-order valence-electron chi connectivity index (χ4n) is 2.55. The number of likely N-dealkylation sites (tertiary alicyclic amines) is 1. The summed E-state index contributed by atoms with van der Waals surface area (Å²) in [6, 6.07) is 7.19. The third kappa shape index (κ3) is 4.36. The van der Waals surface area contributed by atoms with Crippen LogP contribution in [0.5, 0.6) is 5.75 Å². The van der Waals surface area contributed by atoms with Crippen LogP contribution in [0.1, 0.15) is 19.8 Å². The molecule has 0 radical (unpaired) electrons. The Balaban J connectivity index is 1.75. The quantitative estimate of drug-likeness (QED) is 0.842. The number of anilines is 1. The fraction of sp³-hybridized carbons (Fsp3) is 0.562. The van der Waals surface area contributed by atoms with E-state index in [2.05, 4.69) is 6.92 Å². The highest BCUT2D eigenvalue weighted by Gasteiger charge is 2.28. The van der Waals surface area contributed by atoms with Gasteiger partial charge in [0, 0.05) is 25.9 Å². The van der Waals surface area contributed by atoms with Crippen molar-refractivity contribution in [1.82, 2.24) is 4.90 Å². The van der Waals surface area contributed by atoms with Crippen LogP contribution in [-0.2, 0) is 9.53 Å². The lowest BCUT2D eigenvalue weighted by molar-refractivity contribution is -0.136. The topological polar surface area (TPSA) is 64.8 Å². The third-order valence-electron chi connectivity index (χ3n) is 4.01. The minimum Gasteiger partial charge on any atom is -0.493 e. The van der Waals surface area contributed by atoms with E-state index in [0.717, 1.165) is 18.7 Å². The van der Waals surface area contributed by atoms with Crippen molar-refractivity contribution in [3.8, 4) is 5.75 Å². The van der Waals surface area contributed by atoms with E-state index in [1.165, 1.54) is 0 Å². The van der Waals surface area contributed by atoms with Gasteiger partial charge in [-0.25, -0.2) is 0 Å². The molecule has 1 fully saturated rings. The van der Waals surface area contributed by atoms with Crippen molar-refractivity contribution < 1.29 is 14.3 Å². The Hall–Kier alpha value is -1.75. The van der Waals surface area contributed by atoms with Gasteiger partial charge in [-0.3, -0.25) is 4.79 Å². The first-order valence-corrected chi connectivity index (χ1v) is 7.39. The number of rotatable bonds is 5. The molecule has 1 aromatic carbocycles. The molecule has 1 aliphatic heterocycles. The smallest absolute Gasteiger partial charge is 0.226 e. The summed E-state index contributed by atoms with van der Waals surface area (Å²) in [7, 11) is 1.71. The molecule has 0 bridgehead atoms. The van der Waals surface area contributed by atoms with E-state index >= 15 is 0 Å². The molecule has 1 amide bonds. The van der Waals surface area contributed by atoms with Gasteiger partial charge in [-0.15, -0.1) is 0 Å². The molecule has 2 unspecified atom stereocenters. The van der Waals surface area contributed by atoms with E-state index in [1.54, 1.807) is 19.2 Å². The number of ether oxygens (including phenoxy) is 2. The second kappa shape index (κ2) is 7.31. The zero-order valence-corrected chi connectivity index (χ0v) is 12.7. The fourth-order valence-corrected chi connectivity index (χ4v) is 2.55. The van der Waals surface area contributed by atoms with Crippen LogP contribution in [0.4, 0.5) is 5.69 Å². The largest absolute Gasteiger partial charge is 0.493 e. The molecule has 1 aromatic rings. The highest BCUT2D eigenvalue weighted by Crippen LogP contribution is 2.20. The summed E-state index contributed by atoms with van der Waals surface area (Å²) in [5.41, 5.74) is 6.31. The highest BCUT2D eigenvalue weighted by atomic mass is 16.5. The number of methoxy groups -OCH3 is 1. The minimum absolute atomic E-state index is 0.124. The Morgan fingerprint density at radius 3 is 2.76 bits per heavy atom. The molecule has 21 heavy (non-hydrogen) atoms. The van der Waals surface area contributed by atoms with Crippen molar-refractivity contribution in [2.45, 2.75) is 25.9 Å². The van der Waals surface area contributed by atoms with E-state index in [0.29, 0.717) is 31.2 Å². The average molecular weight is 292 g/mol. The number of carbonyl (C=O) groups is 1. The van der Waals surface area contributed by atoms with E-state index in [-0.39, 0.29) is 12.0 Å². The molecule has 5 heteroatoms. The van der Waals surface area contributed by atoms with E-state index in [9.17, 15) is 4.79 Å². The predicted molar refractivity (Wildman–Crippen MR) is 82.1 cm³/mol. The maximum atomic E-state index is 12.2. The first-order chi connectivity index (χ1) is 10.1. The predicted octanol–water partition coefficient (Wildman–Crippen LogP) is 1.92. The maximum absolute atomic E-state index is 12.2. The Morgan fingerprint density at radius 2 is 2.10 bits per heavy atom. The van der Waals surface area contributed by atoms with Gasteiger partial charge in [0.25, 0.3) is 0 Å². The molecule has 1 heterocycles. The number of benzene rings is 1. The van der Waals surface area contributed by atoms with E-state index in [1.807, 2.05) is 17.0 Å². The summed E-state index contributed by atoms with van der Waals surface area (Å²) in [6.45, 7) is 4.03. The maximum Gasteiger partial charge on any atom is 0.226 e. The van der Waals surface area contributed by atoms with Gasteiger partial charge < -0.3 is 20.1 Å². The molecule has 2 rings (SSSR count). The number of nitrogens with zero attached hydrogens (tertiary/aromatic N) is 1. The van der Waals surface area contributed by atoms with E-state index in [4.69, 9.17) is 15.2 Å². The summed E-state index contributed by atoms with van der Waals surface area (Å²) in [4.78, 5) is 14.1. The molecule has 116 valence electrons. The van der Waals surface area contributed by atoms with Crippen molar-refractivity contribution in [2.24, 2.45) is 5.92 Å². The molecule has 0 aliphatic carbocycles. The molecule has 2 atom stereocenters. The van der Waals surface area contributed by atoms with Gasteiger partial charge in [0.05, 0.1) is 19.1 Å². The lowest BCUT2D eigenvalue weighted by Gasteiger charge is -2.36. The number of carbonyl (C=O) groups excluding carboxylic acids is 1. The SMILES string of the molecule is COC1CN(C(=O)CCOc2ccc(N)cc2)CCC1C. The van der Waals surface area contributed by atoms with Crippen molar-refractivity contribution >= 4 is 11.6 Å². The number of piperidine rings is 1. The first kappa shape index (κ1) is 15.6. The third-order valence-corrected chi connectivity index (χ3v) is 4.01. The zero-order chi connectivity index (χ0) is 15.2. The molecular formula is C16H24N2O3. The number of hydrogen-bond acceptors (Lipinski definition) is 4. The Kier molecular flexibility index (Phi) is 5.44. The molecule has 0 saturated carbocycles. The van der Waals surface area contributed by atoms with Crippen molar-refractivity contribution in [3.63, 3.8) is 0 Å². The van der Waals surface area contributed by atoms with Crippen LogP contribution < -0.4 is 10.5 Å². The molecule has 0 aromatic heterocycles. The van der Waals surface area contributed by atoms with Crippen LogP contribution in [0.2, 0.25) is 0 Å². The van der Waals surface area contributed by atoms with Crippen molar-refractivity contribution in [2.75, 3.05) is 32.5 Å². The Labute approximate surface area is 126 Å². The van der Waals surface area contributed by atoms with Gasteiger partial charge in [0.1, 0.15) is 5.75 Å². The summed E-state index contributed by atoms with van der Waals surface area (Å²) >= 11 is 0. The van der Waals surface area contributed by atoms with Gasteiger partial charge in [-0.05, 0) is 36.6 Å². The standard InChI is InChI=1S/C16H24N2O3/c1-12-7-9-18(11-15(12)20-2)16(19)8-10-21-14-5-3-13(17)4-6-14/h3-6,12,15H,7-11,17H2,1-2H3. The number of nitrogens with two attached hydrogens (primary N) is 1. The molecule has 1 aliphatic rings. The van der Waals surface area contributed by atoms with Gasteiger partial charge in [-0.1, -0.05) is 6.92 Å². The second-order valence-corrected chi connectivity index (χ2v) is 5.55.